The Balaban J connectivity index is 1.53. The molecule has 0 atom stereocenters. The van der Waals surface area contributed by atoms with Crippen molar-refractivity contribution < 1.29 is 4.79 Å². The van der Waals surface area contributed by atoms with Gasteiger partial charge in [-0.05, 0) is 33.0 Å². The van der Waals surface area contributed by atoms with Crippen LogP contribution in [0.25, 0.3) is 11.0 Å². The first kappa shape index (κ1) is 23.0. The molecule has 1 spiro atoms. The summed E-state index contributed by atoms with van der Waals surface area (Å²) < 4.78 is 2.15. The van der Waals surface area contributed by atoms with Crippen molar-refractivity contribution in [1.29, 1.82) is 0 Å². The summed E-state index contributed by atoms with van der Waals surface area (Å²) in [6.45, 7) is 10.5. The summed E-state index contributed by atoms with van der Waals surface area (Å²) in [7, 11) is 6.06. The quantitative estimate of drug-likeness (QED) is 0.601. The van der Waals surface area contributed by atoms with Crippen LogP contribution < -0.4 is 10.6 Å². The first-order valence-corrected chi connectivity index (χ1v) is 11.5. The number of nitrogens with one attached hydrogen (secondary N) is 2. The maximum Gasteiger partial charge on any atom is 0.268 e. The summed E-state index contributed by atoms with van der Waals surface area (Å²) in [5, 5.41) is 7.03. The van der Waals surface area contributed by atoms with Gasteiger partial charge in [-0.25, -0.2) is 9.98 Å². The van der Waals surface area contributed by atoms with Crippen molar-refractivity contribution in [1.82, 2.24) is 29.7 Å². The van der Waals surface area contributed by atoms with Gasteiger partial charge in [0.25, 0.3) is 5.91 Å². The first-order chi connectivity index (χ1) is 15.8. The molecule has 176 valence electrons. The molecular weight excluding hydrogens is 416 g/mol. The largest absolute Gasteiger partial charge is 0.373 e. The van der Waals surface area contributed by atoms with E-state index >= 15 is 0 Å². The molecule has 1 aliphatic carbocycles. The molecule has 2 N–H and O–H groups in total. The van der Waals surface area contributed by atoms with Crippen molar-refractivity contribution in [3.05, 3.63) is 42.6 Å². The number of hydrogen-bond acceptors (Lipinski definition) is 7. The lowest BCUT2D eigenvalue weighted by Crippen LogP contribution is -2.52. The Hall–Kier alpha value is -3.20. The number of hydrogen-bond donors (Lipinski definition) is 2. The predicted octanol–water partition coefficient (Wildman–Crippen LogP) is 2.80. The second-order valence-corrected chi connectivity index (χ2v) is 9.35. The Morgan fingerprint density at radius 3 is 2.76 bits per heavy atom. The number of allylic oxidation sites excluding steroid dienone is 1. The SMILES string of the molecule is C=C(/N=C\C(=C)N(C)CCN(C)C)Nc1ncc2cc3n(c2n1)C1(CCCCC1)CNC3=O. The van der Waals surface area contributed by atoms with Gasteiger partial charge in [0.15, 0.2) is 0 Å². The van der Waals surface area contributed by atoms with Crippen LogP contribution in [0.4, 0.5) is 5.95 Å². The zero-order valence-corrected chi connectivity index (χ0v) is 19.9. The zero-order chi connectivity index (χ0) is 23.6. The van der Waals surface area contributed by atoms with Crippen molar-refractivity contribution >= 4 is 29.1 Å². The Kier molecular flexibility index (Phi) is 6.51. The van der Waals surface area contributed by atoms with E-state index in [1.165, 1.54) is 6.42 Å². The molecule has 1 aliphatic heterocycles. The first-order valence-electron chi connectivity index (χ1n) is 11.5. The van der Waals surface area contributed by atoms with E-state index in [4.69, 9.17) is 4.98 Å². The van der Waals surface area contributed by atoms with Gasteiger partial charge in [-0.3, -0.25) is 4.79 Å². The van der Waals surface area contributed by atoms with Crippen molar-refractivity contribution in [2.75, 3.05) is 46.1 Å². The third-order valence-electron chi connectivity index (χ3n) is 6.61. The van der Waals surface area contributed by atoms with Gasteiger partial charge in [0.1, 0.15) is 17.2 Å². The fraction of sp³-hybridized carbons (Fsp3) is 0.500. The summed E-state index contributed by atoms with van der Waals surface area (Å²) in [6, 6.07) is 1.89. The van der Waals surface area contributed by atoms with E-state index in [1.54, 1.807) is 12.4 Å². The lowest BCUT2D eigenvalue weighted by Gasteiger charge is -2.42. The maximum absolute atomic E-state index is 12.6. The lowest BCUT2D eigenvalue weighted by molar-refractivity contribution is 0.0833. The second-order valence-electron chi connectivity index (χ2n) is 9.35. The molecule has 9 nitrogen and oxygen atoms in total. The number of carbonyl (C=O) groups excluding carboxylic acids is 1. The van der Waals surface area contributed by atoms with Crippen molar-refractivity contribution in [3.63, 3.8) is 0 Å². The number of carbonyl (C=O) groups is 1. The van der Waals surface area contributed by atoms with E-state index < -0.39 is 0 Å². The van der Waals surface area contributed by atoms with Gasteiger partial charge in [-0.15, -0.1) is 0 Å². The van der Waals surface area contributed by atoms with Gasteiger partial charge < -0.3 is 25.0 Å². The van der Waals surface area contributed by atoms with Crippen LogP contribution in [0.5, 0.6) is 0 Å². The number of likely N-dealkylation sites (N-methyl/N-ethyl adjacent to an activating group) is 2. The Morgan fingerprint density at radius 1 is 1.27 bits per heavy atom. The number of nitrogens with zero attached hydrogens (tertiary/aromatic N) is 6. The van der Waals surface area contributed by atoms with E-state index in [-0.39, 0.29) is 11.4 Å². The number of fused-ring (bicyclic) bond motifs is 4. The monoisotopic (exact) mass is 450 g/mol. The maximum atomic E-state index is 12.6. The Morgan fingerprint density at radius 2 is 2.03 bits per heavy atom. The number of amides is 1. The minimum atomic E-state index is -0.112. The fourth-order valence-corrected chi connectivity index (χ4v) is 4.63. The predicted molar refractivity (Wildman–Crippen MR) is 132 cm³/mol. The molecule has 1 amide bonds. The summed E-state index contributed by atoms with van der Waals surface area (Å²) in [5.41, 5.74) is 2.13. The van der Waals surface area contributed by atoms with Crippen LogP contribution in [-0.4, -0.2) is 77.2 Å². The van der Waals surface area contributed by atoms with Gasteiger partial charge in [-0.2, -0.15) is 4.98 Å². The molecule has 9 heteroatoms. The third-order valence-corrected chi connectivity index (χ3v) is 6.61. The molecule has 2 aromatic rings. The smallest absolute Gasteiger partial charge is 0.268 e. The number of rotatable bonds is 8. The molecule has 0 aromatic carbocycles. The van der Waals surface area contributed by atoms with Crippen molar-refractivity contribution in [3.8, 4) is 0 Å². The van der Waals surface area contributed by atoms with E-state index in [2.05, 4.69) is 43.2 Å². The third kappa shape index (κ3) is 4.78. The zero-order valence-electron chi connectivity index (χ0n) is 19.9. The second kappa shape index (κ2) is 9.35. The highest BCUT2D eigenvalue weighted by atomic mass is 16.2. The average Bonchev–Trinajstić information content (AvgIpc) is 3.19. The highest BCUT2D eigenvalue weighted by molar-refractivity contribution is 5.99. The van der Waals surface area contributed by atoms with Crippen LogP contribution in [0.15, 0.2) is 41.9 Å². The summed E-state index contributed by atoms with van der Waals surface area (Å²) in [5.74, 6) is 0.783. The Labute approximate surface area is 195 Å². The summed E-state index contributed by atoms with van der Waals surface area (Å²) in [6.07, 6.45) is 9.07. The molecule has 0 unspecified atom stereocenters. The molecule has 3 heterocycles. The normalized spacial score (nSPS) is 17.4. The molecule has 33 heavy (non-hydrogen) atoms. The van der Waals surface area contributed by atoms with Crippen LogP contribution >= 0.6 is 0 Å². The topological polar surface area (TPSA) is 90.7 Å². The van der Waals surface area contributed by atoms with E-state index in [0.717, 1.165) is 55.5 Å². The van der Waals surface area contributed by atoms with Crippen LogP contribution in [0.2, 0.25) is 0 Å². The fourth-order valence-electron chi connectivity index (χ4n) is 4.63. The minimum Gasteiger partial charge on any atom is -0.373 e. The lowest BCUT2D eigenvalue weighted by atomic mass is 9.80. The van der Waals surface area contributed by atoms with Crippen molar-refractivity contribution in [2.45, 2.75) is 37.6 Å². The molecule has 1 saturated carbocycles. The van der Waals surface area contributed by atoms with E-state index in [0.29, 0.717) is 24.0 Å². The van der Waals surface area contributed by atoms with Gasteiger partial charge in [0, 0.05) is 44.0 Å². The van der Waals surface area contributed by atoms with Crippen LogP contribution in [0.3, 0.4) is 0 Å². The van der Waals surface area contributed by atoms with Gasteiger partial charge in [0.05, 0.1) is 11.8 Å². The van der Waals surface area contributed by atoms with Gasteiger partial charge in [0.2, 0.25) is 5.95 Å². The summed E-state index contributed by atoms with van der Waals surface area (Å²) >= 11 is 0. The molecule has 2 aromatic heterocycles. The minimum absolute atomic E-state index is 0.0513. The van der Waals surface area contributed by atoms with Gasteiger partial charge >= 0.3 is 0 Å². The molecule has 0 saturated heterocycles. The van der Waals surface area contributed by atoms with Crippen molar-refractivity contribution in [2.24, 2.45) is 4.99 Å². The molecular formula is C24H34N8O. The Bertz CT molecular complexity index is 1090. The molecule has 1 fully saturated rings. The van der Waals surface area contributed by atoms with Gasteiger partial charge in [-0.1, -0.05) is 32.4 Å². The van der Waals surface area contributed by atoms with E-state index in [9.17, 15) is 4.79 Å². The van der Waals surface area contributed by atoms with Crippen LogP contribution in [0.1, 0.15) is 42.6 Å². The number of aliphatic imine (C=N–C) groups is 1. The number of aromatic nitrogens is 3. The van der Waals surface area contributed by atoms with E-state index in [1.807, 2.05) is 32.1 Å². The molecule has 2 aliphatic rings. The highest BCUT2D eigenvalue weighted by Crippen LogP contribution is 2.40. The van der Waals surface area contributed by atoms with Crippen LogP contribution in [0, 0.1) is 0 Å². The molecule has 0 radical (unpaired) electrons. The summed E-state index contributed by atoms with van der Waals surface area (Å²) in [4.78, 5) is 30.3. The van der Waals surface area contributed by atoms with Crippen LogP contribution in [-0.2, 0) is 5.54 Å². The standard InChI is InChI=1S/C24H34N8O/c1-17(31(5)12-11-30(3)4)14-25-18(2)28-23-26-15-19-13-20-22(33)27-16-24(9-7-6-8-10-24)32(20)21(19)29-23/h13-15H,1-2,6-12,16H2,3-5H3,(H,27,33)(H,26,28,29)/b25-14-. The molecule has 0 bridgehead atoms. The number of anilines is 1. The highest BCUT2D eigenvalue weighted by Gasteiger charge is 2.41. The molecule has 4 rings (SSSR count). The average molecular weight is 451 g/mol.